The molecule has 0 spiro atoms. The standard InChI is InChI=1S/C19H23FN2O4S/c1-15(14-26-2)21-19(23)13-22(12-16-8-10-17(20)11-9-16)27(24,25)18-6-4-3-5-7-18/h3-11,15H,12-14H2,1-2H3,(H,21,23)/t15-/m1/s1. The molecule has 27 heavy (non-hydrogen) atoms. The summed E-state index contributed by atoms with van der Waals surface area (Å²) < 4.78 is 45.2. The summed E-state index contributed by atoms with van der Waals surface area (Å²) in [5.74, 6) is -0.858. The number of halogens is 1. The van der Waals surface area contributed by atoms with Gasteiger partial charge in [-0.2, -0.15) is 4.31 Å². The molecule has 0 aliphatic heterocycles. The van der Waals surface area contributed by atoms with E-state index in [0.29, 0.717) is 12.2 Å². The van der Waals surface area contributed by atoms with E-state index in [9.17, 15) is 17.6 Å². The highest BCUT2D eigenvalue weighted by Gasteiger charge is 2.27. The Morgan fingerprint density at radius 2 is 1.78 bits per heavy atom. The molecule has 0 saturated carbocycles. The van der Waals surface area contributed by atoms with Gasteiger partial charge in [0, 0.05) is 19.7 Å². The molecule has 0 fully saturated rings. The lowest BCUT2D eigenvalue weighted by Crippen LogP contribution is -2.44. The Morgan fingerprint density at radius 1 is 1.15 bits per heavy atom. The molecule has 0 aromatic heterocycles. The van der Waals surface area contributed by atoms with Crippen molar-refractivity contribution in [2.75, 3.05) is 20.3 Å². The maximum Gasteiger partial charge on any atom is 0.243 e. The average molecular weight is 394 g/mol. The van der Waals surface area contributed by atoms with Gasteiger partial charge in [-0.05, 0) is 36.8 Å². The van der Waals surface area contributed by atoms with E-state index >= 15 is 0 Å². The molecule has 1 amide bonds. The molecule has 6 nitrogen and oxygen atoms in total. The van der Waals surface area contributed by atoms with E-state index in [-0.39, 0.29) is 24.0 Å². The van der Waals surface area contributed by atoms with Crippen molar-refractivity contribution in [3.05, 3.63) is 66.0 Å². The summed E-state index contributed by atoms with van der Waals surface area (Å²) in [5, 5.41) is 2.70. The van der Waals surface area contributed by atoms with E-state index in [1.807, 2.05) is 0 Å². The molecule has 0 aliphatic carbocycles. The van der Waals surface area contributed by atoms with Crippen LogP contribution in [0.4, 0.5) is 4.39 Å². The van der Waals surface area contributed by atoms with E-state index < -0.39 is 21.7 Å². The number of ether oxygens (including phenoxy) is 1. The highest BCUT2D eigenvalue weighted by Crippen LogP contribution is 2.18. The summed E-state index contributed by atoms with van der Waals surface area (Å²) in [4.78, 5) is 12.4. The Labute approximate surface area is 159 Å². The monoisotopic (exact) mass is 394 g/mol. The van der Waals surface area contributed by atoms with Crippen LogP contribution in [0.1, 0.15) is 12.5 Å². The largest absolute Gasteiger partial charge is 0.383 e. The lowest BCUT2D eigenvalue weighted by molar-refractivity contribution is -0.122. The third-order valence-corrected chi connectivity index (χ3v) is 5.60. The van der Waals surface area contributed by atoms with Crippen LogP contribution >= 0.6 is 0 Å². The van der Waals surface area contributed by atoms with Crippen LogP contribution in [0.15, 0.2) is 59.5 Å². The van der Waals surface area contributed by atoms with Crippen molar-refractivity contribution < 1.29 is 22.3 Å². The van der Waals surface area contributed by atoms with Crippen LogP contribution in [-0.4, -0.2) is 44.9 Å². The Hall–Kier alpha value is -2.29. The third-order valence-electron chi connectivity index (χ3n) is 3.80. The summed E-state index contributed by atoms with van der Waals surface area (Å²) in [7, 11) is -2.39. The van der Waals surface area contributed by atoms with Gasteiger partial charge in [-0.25, -0.2) is 12.8 Å². The van der Waals surface area contributed by atoms with E-state index in [1.165, 1.54) is 43.5 Å². The fraction of sp³-hybridized carbons (Fsp3) is 0.316. The van der Waals surface area contributed by atoms with Crippen molar-refractivity contribution >= 4 is 15.9 Å². The average Bonchev–Trinajstić information content (AvgIpc) is 2.63. The number of nitrogens with zero attached hydrogens (tertiary/aromatic N) is 1. The number of hydrogen-bond acceptors (Lipinski definition) is 4. The molecular formula is C19H23FN2O4S. The molecule has 1 atom stereocenters. The zero-order chi connectivity index (χ0) is 19.9. The van der Waals surface area contributed by atoms with Crippen LogP contribution in [0, 0.1) is 5.82 Å². The second-order valence-electron chi connectivity index (χ2n) is 6.14. The number of carbonyl (C=O) groups excluding carboxylic acids is 1. The number of sulfonamides is 1. The van der Waals surface area contributed by atoms with Crippen LogP contribution in [0.3, 0.4) is 0 Å². The van der Waals surface area contributed by atoms with Gasteiger partial charge in [0.05, 0.1) is 18.0 Å². The number of rotatable bonds is 9. The molecule has 0 heterocycles. The molecule has 0 saturated heterocycles. The van der Waals surface area contributed by atoms with E-state index in [4.69, 9.17) is 4.74 Å². The molecule has 0 unspecified atom stereocenters. The van der Waals surface area contributed by atoms with E-state index in [2.05, 4.69) is 5.32 Å². The number of nitrogens with one attached hydrogen (secondary N) is 1. The van der Waals surface area contributed by atoms with Gasteiger partial charge in [-0.1, -0.05) is 30.3 Å². The van der Waals surface area contributed by atoms with Crippen LogP contribution in [-0.2, 0) is 26.1 Å². The lowest BCUT2D eigenvalue weighted by atomic mass is 10.2. The normalized spacial score (nSPS) is 12.7. The van der Waals surface area contributed by atoms with Crippen molar-refractivity contribution in [2.45, 2.75) is 24.4 Å². The first-order valence-electron chi connectivity index (χ1n) is 8.41. The van der Waals surface area contributed by atoms with Gasteiger partial charge in [-0.3, -0.25) is 4.79 Å². The Bertz CT molecular complexity index is 842. The van der Waals surface area contributed by atoms with E-state index in [0.717, 1.165) is 4.31 Å². The fourth-order valence-electron chi connectivity index (χ4n) is 2.53. The van der Waals surface area contributed by atoms with Gasteiger partial charge in [-0.15, -0.1) is 0 Å². The molecule has 0 bridgehead atoms. The van der Waals surface area contributed by atoms with Crippen LogP contribution in [0.2, 0.25) is 0 Å². The number of carbonyl (C=O) groups is 1. The number of amides is 1. The van der Waals surface area contributed by atoms with Crippen LogP contribution < -0.4 is 5.32 Å². The van der Waals surface area contributed by atoms with Crippen molar-refractivity contribution in [1.29, 1.82) is 0 Å². The van der Waals surface area contributed by atoms with Gasteiger partial charge >= 0.3 is 0 Å². The minimum atomic E-state index is -3.91. The van der Waals surface area contributed by atoms with Gasteiger partial charge in [0.25, 0.3) is 0 Å². The third kappa shape index (κ3) is 6.13. The van der Waals surface area contributed by atoms with Gasteiger partial charge in [0.15, 0.2) is 0 Å². The molecule has 1 N–H and O–H groups in total. The first-order chi connectivity index (χ1) is 12.8. The minimum absolute atomic E-state index is 0.0520. The van der Waals surface area contributed by atoms with Crippen molar-refractivity contribution in [3.8, 4) is 0 Å². The van der Waals surface area contributed by atoms with Crippen LogP contribution in [0.25, 0.3) is 0 Å². The Kier molecular flexibility index (Phi) is 7.46. The molecule has 0 radical (unpaired) electrons. The topological polar surface area (TPSA) is 75.7 Å². The second-order valence-corrected chi connectivity index (χ2v) is 8.07. The Morgan fingerprint density at radius 3 is 2.37 bits per heavy atom. The predicted octanol–water partition coefficient (Wildman–Crippen LogP) is 2.17. The minimum Gasteiger partial charge on any atom is -0.383 e. The summed E-state index contributed by atoms with van der Waals surface area (Å²) in [6.45, 7) is 1.67. The quantitative estimate of drug-likeness (QED) is 0.707. The molecule has 0 aliphatic rings. The maximum atomic E-state index is 13.1. The van der Waals surface area contributed by atoms with Gasteiger partial charge < -0.3 is 10.1 Å². The molecule has 2 aromatic rings. The predicted molar refractivity (Wildman–Crippen MR) is 99.9 cm³/mol. The van der Waals surface area contributed by atoms with Crippen molar-refractivity contribution in [2.24, 2.45) is 0 Å². The molecule has 2 aromatic carbocycles. The summed E-state index contributed by atoms with van der Waals surface area (Å²) in [5.41, 5.74) is 0.577. The first-order valence-corrected chi connectivity index (χ1v) is 9.85. The summed E-state index contributed by atoms with van der Waals surface area (Å²) in [6.07, 6.45) is 0. The number of benzene rings is 2. The first kappa shape index (κ1) is 21.0. The SMILES string of the molecule is COC[C@@H](C)NC(=O)CN(Cc1ccc(F)cc1)S(=O)(=O)c1ccccc1. The highest BCUT2D eigenvalue weighted by atomic mass is 32.2. The van der Waals surface area contributed by atoms with E-state index in [1.54, 1.807) is 25.1 Å². The molecule has 2 rings (SSSR count). The van der Waals surface area contributed by atoms with Crippen LogP contribution in [0.5, 0.6) is 0 Å². The maximum absolute atomic E-state index is 13.1. The molecule has 146 valence electrons. The van der Waals surface area contributed by atoms with Crippen molar-refractivity contribution in [1.82, 2.24) is 9.62 Å². The smallest absolute Gasteiger partial charge is 0.243 e. The van der Waals surface area contributed by atoms with Gasteiger partial charge in [0.2, 0.25) is 15.9 Å². The number of methoxy groups -OCH3 is 1. The van der Waals surface area contributed by atoms with Gasteiger partial charge in [0.1, 0.15) is 5.82 Å². The zero-order valence-electron chi connectivity index (χ0n) is 15.3. The number of hydrogen-bond donors (Lipinski definition) is 1. The fourth-order valence-corrected chi connectivity index (χ4v) is 3.94. The zero-order valence-corrected chi connectivity index (χ0v) is 16.1. The highest BCUT2D eigenvalue weighted by molar-refractivity contribution is 7.89. The molecular weight excluding hydrogens is 371 g/mol. The summed E-state index contributed by atoms with van der Waals surface area (Å²) >= 11 is 0. The lowest BCUT2D eigenvalue weighted by Gasteiger charge is -2.23. The van der Waals surface area contributed by atoms with Crippen molar-refractivity contribution in [3.63, 3.8) is 0 Å². The Balaban J connectivity index is 2.25. The second kappa shape index (κ2) is 9.59. The molecule has 8 heteroatoms. The summed E-state index contributed by atoms with van der Waals surface area (Å²) in [6, 6.07) is 13.1.